The molecule has 1 N–H and O–H groups in total. The van der Waals surface area contributed by atoms with E-state index in [1.807, 2.05) is 18.2 Å². The molecule has 2 heterocycles. The van der Waals surface area contributed by atoms with Gasteiger partial charge in [0.05, 0.1) is 7.11 Å². The highest BCUT2D eigenvalue weighted by molar-refractivity contribution is 5.40. The second-order valence-electron chi connectivity index (χ2n) is 3.63. The third kappa shape index (κ3) is 2.59. The van der Waals surface area contributed by atoms with Crippen molar-refractivity contribution in [2.75, 3.05) is 38.2 Å². The second-order valence-corrected chi connectivity index (χ2v) is 3.63. The van der Waals surface area contributed by atoms with Gasteiger partial charge in [-0.05, 0) is 19.0 Å². The minimum absolute atomic E-state index is 0.685. The monoisotopic (exact) mass is 207 g/mol. The maximum Gasteiger partial charge on any atom is 0.214 e. The number of methoxy groups -OCH3 is 1. The Hall–Kier alpha value is -1.29. The number of rotatable bonds is 2. The molecule has 0 spiro atoms. The molecule has 4 nitrogen and oxygen atoms in total. The molecule has 1 aromatic rings. The molecule has 1 aliphatic rings. The molecule has 0 atom stereocenters. The number of ether oxygens (including phenoxy) is 1. The van der Waals surface area contributed by atoms with Gasteiger partial charge in [0.2, 0.25) is 5.88 Å². The Labute approximate surface area is 90.3 Å². The van der Waals surface area contributed by atoms with Crippen LogP contribution >= 0.6 is 0 Å². The van der Waals surface area contributed by atoms with Crippen LogP contribution in [0.15, 0.2) is 18.2 Å². The van der Waals surface area contributed by atoms with Crippen LogP contribution in [0.25, 0.3) is 0 Å². The van der Waals surface area contributed by atoms with Crippen LogP contribution in [-0.4, -0.2) is 38.3 Å². The summed E-state index contributed by atoms with van der Waals surface area (Å²) in [5, 5.41) is 3.37. The molecule has 0 unspecified atom stereocenters. The molecule has 0 radical (unpaired) electrons. The summed E-state index contributed by atoms with van der Waals surface area (Å²) in [6, 6.07) is 5.90. The molecule has 82 valence electrons. The Kier molecular flexibility index (Phi) is 3.40. The fourth-order valence-corrected chi connectivity index (χ4v) is 1.77. The Balaban J connectivity index is 2.12. The van der Waals surface area contributed by atoms with E-state index < -0.39 is 0 Å². The highest BCUT2D eigenvalue weighted by Crippen LogP contribution is 2.15. The average molecular weight is 207 g/mol. The van der Waals surface area contributed by atoms with E-state index in [-0.39, 0.29) is 0 Å². The zero-order chi connectivity index (χ0) is 10.5. The van der Waals surface area contributed by atoms with Crippen molar-refractivity contribution in [3.05, 3.63) is 18.2 Å². The number of nitrogens with zero attached hydrogens (tertiary/aromatic N) is 2. The molecule has 4 heteroatoms. The largest absolute Gasteiger partial charge is 0.481 e. The summed E-state index contributed by atoms with van der Waals surface area (Å²) in [6.45, 7) is 4.20. The third-order valence-electron chi connectivity index (χ3n) is 2.58. The molecule has 1 aromatic heterocycles. The second kappa shape index (κ2) is 4.98. The van der Waals surface area contributed by atoms with Gasteiger partial charge in [0.1, 0.15) is 5.82 Å². The number of hydrogen-bond acceptors (Lipinski definition) is 4. The van der Waals surface area contributed by atoms with E-state index in [9.17, 15) is 0 Å². The third-order valence-corrected chi connectivity index (χ3v) is 2.58. The van der Waals surface area contributed by atoms with Crippen molar-refractivity contribution < 1.29 is 4.74 Å². The summed E-state index contributed by atoms with van der Waals surface area (Å²) < 4.78 is 5.12. The van der Waals surface area contributed by atoms with Crippen molar-refractivity contribution in [1.29, 1.82) is 0 Å². The summed E-state index contributed by atoms with van der Waals surface area (Å²) in [4.78, 5) is 6.73. The van der Waals surface area contributed by atoms with Crippen molar-refractivity contribution in [2.24, 2.45) is 0 Å². The Morgan fingerprint density at radius 2 is 2.27 bits per heavy atom. The molecule has 15 heavy (non-hydrogen) atoms. The van der Waals surface area contributed by atoms with Crippen LogP contribution in [0.4, 0.5) is 5.82 Å². The standard InChI is InChI=1S/C11H17N3O/c1-15-11-5-2-4-10(13-11)14-8-3-6-12-7-9-14/h2,4-5,12H,3,6-9H2,1H3. The van der Waals surface area contributed by atoms with Gasteiger partial charge in [-0.25, -0.2) is 0 Å². The zero-order valence-electron chi connectivity index (χ0n) is 9.07. The van der Waals surface area contributed by atoms with Crippen molar-refractivity contribution in [2.45, 2.75) is 6.42 Å². The molecular weight excluding hydrogens is 190 g/mol. The Morgan fingerprint density at radius 3 is 3.13 bits per heavy atom. The molecule has 0 aromatic carbocycles. The number of nitrogens with one attached hydrogen (secondary N) is 1. The van der Waals surface area contributed by atoms with Crippen molar-refractivity contribution >= 4 is 5.82 Å². The van der Waals surface area contributed by atoms with Gasteiger partial charge in [-0.15, -0.1) is 0 Å². The number of anilines is 1. The van der Waals surface area contributed by atoms with E-state index >= 15 is 0 Å². The first kappa shape index (κ1) is 10.2. The Bertz CT molecular complexity index is 308. The Morgan fingerprint density at radius 1 is 1.33 bits per heavy atom. The lowest BCUT2D eigenvalue weighted by Crippen LogP contribution is -2.28. The maximum absolute atomic E-state index is 5.12. The van der Waals surface area contributed by atoms with E-state index in [0.717, 1.165) is 32.0 Å². The SMILES string of the molecule is COc1cccc(N2CCCNCC2)n1. The highest BCUT2D eigenvalue weighted by atomic mass is 16.5. The predicted octanol–water partition coefficient (Wildman–Crippen LogP) is 0.890. The molecule has 2 rings (SSSR count). The summed E-state index contributed by atoms with van der Waals surface area (Å²) in [5.41, 5.74) is 0. The van der Waals surface area contributed by atoms with Crippen molar-refractivity contribution in [3.8, 4) is 5.88 Å². The van der Waals surface area contributed by atoms with E-state index in [2.05, 4.69) is 15.2 Å². The molecular formula is C11H17N3O. The van der Waals surface area contributed by atoms with E-state index in [0.29, 0.717) is 5.88 Å². The van der Waals surface area contributed by atoms with Gasteiger partial charge >= 0.3 is 0 Å². The van der Waals surface area contributed by atoms with Crippen LogP contribution < -0.4 is 15.0 Å². The van der Waals surface area contributed by atoms with Crippen LogP contribution in [0, 0.1) is 0 Å². The van der Waals surface area contributed by atoms with Gasteiger partial charge in [0.15, 0.2) is 0 Å². The molecule has 0 bridgehead atoms. The van der Waals surface area contributed by atoms with Gasteiger partial charge in [-0.3, -0.25) is 0 Å². The first-order chi connectivity index (χ1) is 7.40. The molecule has 0 aliphatic carbocycles. The number of aromatic nitrogens is 1. The van der Waals surface area contributed by atoms with E-state index in [1.54, 1.807) is 7.11 Å². The minimum atomic E-state index is 0.685. The summed E-state index contributed by atoms with van der Waals surface area (Å²) in [6.07, 6.45) is 1.17. The van der Waals surface area contributed by atoms with Crippen LogP contribution in [-0.2, 0) is 0 Å². The smallest absolute Gasteiger partial charge is 0.214 e. The first-order valence-corrected chi connectivity index (χ1v) is 5.37. The van der Waals surface area contributed by atoms with Crippen LogP contribution in [0.3, 0.4) is 0 Å². The number of pyridine rings is 1. The lowest BCUT2D eigenvalue weighted by atomic mass is 10.3. The quantitative estimate of drug-likeness (QED) is 0.781. The van der Waals surface area contributed by atoms with Crippen LogP contribution in [0.1, 0.15) is 6.42 Å². The van der Waals surface area contributed by atoms with Crippen LogP contribution in [0.2, 0.25) is 0 Å². The lowest BCUT2D eigenvalue weighted by molar-refractivity contribution is 0.398. The minimum Gasteiger partial charge on any atom is -0.481 e. The van der Waals surface area contributed by atoms with Crippen LogP contribution in [0.5, 0.6) is 5.88 Å². The first-order valence-electron chi connectivity index (χ1n) is 5.37. The normalized spacial score (nSPS) is 17.3. The van der Waals surface area contributed by atoms with Crippen molar-refractivity contribution in [1.82, 2.24) is 10.3 Å². The topological polar surface area (TPSA) is 37.4 Å². The molecule has 0 saturated carbocycles. The summed E-state index contributed by atoms with van der Waals surface area (Å²) in [5.74, 6) is 1.70. The fraction of sp³-hybridized carbons (Fsp3) is 0.545. The molecule has 1 fully saturated rings. The summed E-state index contributed by atoms with van der Waals surface area (Å²) in [7, 11) is 1.65. The lowest BCUT2D eigenvalue weighted by Gasteiger charge is -2.21. The van der Waals surface area contributed by atoms with Gasteiger partial charge in [-0.1, -0.05) is 6.07 Å². The molecule has 1 aliphatic heterocycles. The summed E-state index contributed by atoms with van der Waals surface area (Å²) >= 11 is 0. The highest BCUT2D eigenvalue weighted by Gasteiger charge is 2.10. The average Bonchev–Trinajstić information content (AvgIpc) is 2.58. The fourth-order valence-electron chi connectivity index (χ4n) is 1.77. The van der Waals surface area contributed by atoms with Gasteiger partial charge in [0.25, 0.3) is 0 Å². The van der Waals surface area contributed by atoms with Gasteiger partial charge < -0.3 is 15.0 Å². The zero-order valence-corrected chi connectivity index (χ0v) is 9.07. The van der Waals surface area contributed by atoms with Gasteiger partial charge in [-0.2, -0.15) is 4.98 Å². The molecule has 1 saturated heterocycles. The van der Waals surface area contributed by atoms with E-state index in [1.165, 1.54) is 6.42 Å². The molecule has 0 amide bonds. The number of hydrogen-bond donors (Lipinski definition) is 1. The maximum atomic E-state index is 5.12. The van der Waals surface area contributed by atoms with E-state index in [4.69, 9.17) is 4.74 Å². The van der Waals surface area contributed by atoms with Gasteiger partial charge in [0, 0.05) is 25.7 Å². The van der Waals surface area contributed by atoms with Crippen molar-refractivity contribution in [3.63, 3.8) is 0 Å². The predicted molar refractivity (Wildman–Crippen MR) is 60.5 cm³/mol.